The van der Waals surface area contributed by atoms with Gasteiger partial charge in [0.2, 0.25) is 11.8 Å². The van der Waals surface area contributed by atoms with Crippen LogP contribution < -0.4 is 25.4 Å². The standard InChI is InChI=1S/C20H27N5O5S/c1-4-14-22-17-16(19(27)25(3)20(28)24(17)2)18(23-14)31-10-15(26)21-11-5-6-12-13(9-11)30-8-7-29-12/h5-6,9,14,16-18,22-23H,4,7-8,10H2,1-3H3,(H,21,26). The third kappa shape index (κ3) is 4.30. The summed E-state index contributed by atoms with van der Waals surface area (Å²) in [5.41, 5.74) is 0.622. The van der Waals surface area contributed by atoms with Crippen molar-refractivity contribution in [2.75, 3.05) is 38.4 Å². The highest BCUT2D eigenvalue weighted by Gasteiger charge is 2.50. The zero-order valence-electron chi connectivity index (χ0n) is 17.7. The van der Waals surface area contributed by atoms with Gasteiger partial charge in [0, 0.05) is 25.8 Å². The fourth-order valence-electron chi connectivity index (χ4n) is 3.99. The zero-order chi connectivity index (χ0) is 22.1. The molecule has 0 spiro atoms. The van der Waals surface area contributed by atoms with Gasteiger partial charge in [0.15, 0.2) is 11.5 Å². The third-order valence-electron chi connectivity index (χ3n) is 5.65. The van der Waals surface area contributed by atoms with Crippen molar-refractivity contribution in [3.63, 3.8) is 0 Å². The van der Waals surface area contributed by atoms with Crippen LogP contribution in [-0.4, -0.2) is 78.4 Å². The van der Waals surface area contributed by atoms with E-state index < -0.39 is 12.1 Å². The normalized spacial score (nSPS) is 27.7. The van der Waals surface area contributed by atoms with Crippen LogP contribution in [0.4, 0.5) is 10.5 Å². The van der Waals surface area contributed by atoms with Crippen molar-refractivity contribution in [2.45, 2.75) is 31.0 Å². The van der Waals surface area contributed by atoms with Crippen molar-refractivity contribution in [1.29, 1.82) is 0 Å². The number of carbonyl (C=O) groups is 3. The predicted octanol–water partition coefficient (Wildman–Crippen LogP) is 0.851. The lowest BCUT2D eigenvalue weighted by Crippen LogP contribution is -2.74. The number of hydrogen-bond donors (Lipinski definition) is 3. The Kier molecular flexibility index (Phi) is 6.26. The first-order valence-corrected chi connectivity index (χ1v) is 11.3. The lowest BCUT2D eigenvalue weighted by Gasteiger charge is -2.50. The van der Waals surface area contributed by atoms with E-state index in [-0.39, 0.29) is 35.1 Å². The Hall–Kier alpha value is -2.50. The number of anilines is 1. The average molecular weight is 450 g/mol. The van der Waals surface area contributed by atoms with Crippen LogP contribution in [0.3, 0.4) is 0 Å². The predicted molar refractivity (Wildman–Crippen MR) is 116 cm³/mol. The van der Waals surface area contributed by atoms with Crippen LogP contribution in [-0.2, 0) is 9.59 Å². The Morgan fingerprint density at radius 2 is 1.94 bits per heavy atom. The number of rotatable bonds is 5. The first-order chi connectivity index (χ1) is 14.9. The molecule has 168 valence electrons. The van der Waals surface area contributed by atoms with Gasteiger partial charge in [-0.05, 0) is 18.6 Å². The lowest BCUT2D eigenvalue weighted by atomic mass is 9.97. The molecule has 2 fully saturated rings. The highest BCUT2D eigenvalue weighted by Crippen LogP contribution is 2.34. The fourth-order valence-corrected chi connectivity index (χ4v) is 5.12. The van der Waals surface area contributed by atoms with Crippen molar-refractivity contribution >= 4 is 35.3 Å². The van der Waals surface area contributed by atoms with Gasteiger partial charge in [-0.25, -0.2) is 4.79 Å². The van der Waals surface area contributed by atoms with Gasteiger partial charge in [-0.2, -0.15) is 0 Å². The molecule has 10 nitrogen and oxygen atoms in total. The zero-order valence-corrected chi connectivity index (χ0v) is 18.5. The van der Waals surface area contributed by atoms with Crippen LogP contribution in [0, 0.1) is 5.92 Å². The van der Waals surface area contributed by atoms with E-state index in [9.17, 15) is 14.4 Å². The summed E-state index contributed by atoms with van der Waals surface area (Å²) in [5, 5.41) is 9.28. The molecule has 4 amide bonds. The van der Waals surface area contributed by atoms with Gasteiger partial charge >= 0.3 is 6.03 Å². The number of carbonyl (C=O) groups excluding carboxylic acids is 3. The van der Waals surface area contributed by atoms with Gasteiger partial charge in [0.05, 0.1) is 29.4 Å². The van der Waals surface area contributed by atoms with Crippen LogP contribution in [0.2, 0.25) is 0 Å². The highest BCUT2D eigenvalue weighted by atomic mass is 32.2. The maximum Gasteiger partial charge on any atom is 0.327 e. The summed E-state index contributed by atoms with van der Waals surface area (Å²) in [6.07, 6.45) is 0.294. The first-order valence-electron chi connectivity index (χ1n) is 10.3. The topological polar surface area (TPSA) is 112 Å². The van der Waals surface area contributed by atoms with E-state index in [0.717, 1.165) is 11.3 Å². The summed E-state index contributed by atoms with van der Waals surface area (Å²) < 4.78 is 11.0. The minimum absolute atomic E-state index is 0.0638. The van der Waals surface area contributed by atoms with Crippen molar-refractivity contribution < 1.29 is 23.9 Å². The van der Waals surface area contributed by atoms with Gasteiger partial charge in [0.25, 0.3) is 0 Å². The molecule has 4 unspecified atom stereocenters. The van der Waals surface area contributed by atoms with Crippen molar-refractivity contribution in [3.8, 4) is 11.5 Å². The van der Waals surface area contributed by atoms with E-state index in [2.05, 4.69) is 16.0 Å². The summed E-state index contributed by atoms with van der Waals surface area (Å²) in [7, 11) is 3.17. The molecule has 4 atom stereocenters. The number of thioether (sulfide) groups is 1. The largest absolute Gasteiger partial charge is 0.486 e. The number of amides is 4. The van der Waals surface area contributed by atoms with Gasteiger partial charge in [-0.3, -0.25) is 25.1 Å². The van der Waals surface area contributed by atoms with E-state index in [0.29, 0.717) is 30.4 Å². The van der Waals surface area contributed by atoms with E-state index in [1.165, 1.54) is 18.8 Å². The first kappa shape index (κ1) is 21.7. The maximum atomic E-state index is 12.9. The smallest absolute Gasteiger partial charge is 0.327 e. The lowest BCUT2D eigenvalue weighted by molar-refractivity contribution is -0.140. The second kappa shape index (κ2) is 8.93. The molecule has 2 saturated heterocycles. The SMILES string of the molecule is CCC1NC(SCC(=O)Nc2ccc3c(c2)OCCO3)C2C(=O)N(C)C(=O)N(C)C2N1. The quantitative estimate of drug-likeness (QED) is 0.607. The van der Waals surface area contributed by atoms with Crippen molar-refractivity contribution in [2.24, 2.45) is 5.92 Å². The van der Waals surface area contributed by atoms with E-state index in [4.69, 9.17) is 9.47 Å². The monoisotopic (exact) mass is 449 g/mol. The molecule has 0 bridgehead atoms. The van der Waals surface area contributed by atoms with Crippen LogP contribution in [0.25, 0.3) is 0 Å². The Morgan fingerprint density at radius 1 is 1.19 bits per heavy atom. The van der Waals surface area contributed by atoms with E-state index >= 15 is 0 Å². The molecular formula is C20H27N5O5S. The number of imide groups is 1. The molecule has 3 aliphatic heterocycles. The van der Waals surface area contributed by atoms with Crippen LogP contribution in [0.1, 0.15) is 13.3 Å². The fraction of sp³-hybridized carbons (Fsp3) is 0.550. The molecule has 1 aromatic rings. The summed E-state index contributed by atoms with van der Waals surface area (Å²) >= 11 is 1.36. The number of nitrogens with zero attached hydrogens (tertiary/aromatic N) is 2. The number of hydrogen-bond acceptors (Lipinski definition) is 8. The molecule has 0 aromatic heterocycles. The molecule has 3 heterocycles. The Bertz CT molecular complexity index is 884. The Labute approximate surface area is 185 Å². The Balaban J connectivity index is 1.42. The van der Waals surface area contributed by atoms with Crippen LogP contribution in [0.15, 0.2) is 18.2 Å². The van der Waals surface area contributed by atoms with Crippen LogP contribution >= 0.6 is 11.8 Å². The molecule has 0 saturated carbocycles. The van der Waals surface area contributed by atoms with Gasteiger partial charge < -0.3 is 19.7 Å². The van der Waals surface area contributed by atoms with Gasteiger partial charge in [-0.1, -0.05) is 6.92 Å². The molecule has 31 heavy (non-hydrogen) atoms. The maximum absolute atomic E-state index is 12.9. The minimum atomic E-state index is -0.498. The van der Waals surface area contributed by atoms with E-state index in [1.807, 2.05) is 6.92 Å². The number of urea groups is 1. The highest BCUT2D eigenvalue weighted by molar-refractivity contribution is 8.00. The molecule has 4 rings (SSSR count). The Morgan fingerprint density at radius 3 is 2.68 bits per heavy atom. The molecule has 0 radical (unpaired) electrons. The van der Waals surface area contributed by atoms with Crippen molar-refractivity contribution in [1.82, 2.24) is 20.4 Å². The van der Waals surface area contributed by atoms with Gasteiger partial charge in [-0.15, -0.1) is 11.8 Å². The number of ether oxygens (including phenoxy) is 2. The number of nitrogens with one attached hydrogen (secondary N) is 3. The summed E-state index contributed by atoms with van der Waals surface area (Å²) in [6.45, 7) is 3.00. The van der Waals surface area contributed by atoms with Crippen molar-refractivity contribution in [3.05, 3.63) is 18.2 Å². The molecule has 3 N–H and O–H groups in total. The summed E-state index contributed by atoms with van der Waals surface area (Å²) in [4.78, 5) is 40.5. The number of benzene rings is 1. The summed E-state index contributed by atoms with van der Waals surface area (Å²) in [5.74, 6) is 0.477. The third-order valence-corrected chi connectivity index (χ3v) is 6.87. The van der Waals surface area contributed by atoms with Gasteiger partial charge in [0.1, 0.15) is 13.2 Å². The second-order valence-corrected chi connectivity index (χ2v) is 8.82. The molecule has 3 aliphatic rings. The second-order valence-electron chi connectivity index (χ2n) is 7.69. The minimum Gasteiger partial charge on any atom is -0.486 e. The molecule has 11 heteroatoms. The molecule has 1 aromatic carbocycles. The van der Waals surface area contributed by atoms with E-state index in [1.54, 1.807) is 30.1 Å². The summed E-state index contributed by atoms with van der Waals surface area (Å²) in [6, 6.07) is 4.94. The van der Waals surface area contributed by atoms with Crippen LogP contribution in [0.5, 0.6) is 11.5 Å². The average Bonchev–Trinajstić information content (AvgIpc) is 2.79. The number of fused-ring (bicyclic) bond motifs is 2. The molecule has 0 aliphatic carbocycles. The molecular weight excluding hydrogens is 422 g/mol.